The van der Waals surface area contributed by atoms with E-state index in [0.717, 1.165) is 17.9 Å². The lowest BCUT2D eigenvalue weighted by atomic mass is 10.1. The number of carbonyl (C=O) groups excluding carboxylic acids is 1. The Labute approximate surface area is 125 Å². The van der Waals surface area contributed by atoms with Gasteiger partial charge in [0.1, 0.15) is 0 Å². The van der Waals surface area contributed by atoms with E-state index in [-0.39, 0.29) is 17.6 Å². The quantitative estimate of drug-likeness (QED) is 0.846. The van der Waals surface area contributed by atoms with Gasteiger partial charge in [-0.3, -0.25) is 0 Å². The van der Waals surface area contributed by atoms with Gasteiger partial charge in [0.25, 0.3) is 0 Å². The van der Waals surface area contributed by atoms with Crippen molar-refractivity contribution in [3.05, 3.63) is 35.4 Å². The molecule has 0 aliphatic heterocycles. The number of rotatable bonds is 6. The van der Waals surface area contributed by atoms with Crippen LogP contribution in [0.1, 0.15) is 42.1 Å². The van der Waals surface area contributed by atoms with Crippen molar-refractivity contribution >= 4 is 12.0 Å². The zero-order valence-corrected chi connectivity index (χ0v) is 12.5. The van der Waals surface area contributed by atoms with Crippen molar-refractivity contribution < 1.29 is 14.7 Å². The van der Waals surface area contributed by atoms with Crippen molar-refractivity contribution in [1.82, 2.24) is 10.2 Å². The second-order valence-corrected chi connectivity index (χ2v) is 5.89. The Hall–Kier alpha value is -2.04. The van der Waals surface area contributed by atoms with Gasteiger partial charge in [-0.25, -0.2) is 9.59 Å². The largest absolute Gasteiger partial charge is 0.478 e. The van der Waals surface area contributed by atoms with E-state index in [1.54, 1.807) is 36.2 Å². The summed E-state index contributed by atoms with van der Waals surface area (Å²) in [6.07, 6.45) is 3.62. The predicted molar refractivity (Wildman–Crippen MR) is 80.2 cm³/mol. The number of nitrogens with zero attached hydrogens (tertiary/aromatic N) is 1. The highest BCUT2D eigenvalue weighted by atomic mass is 16.4. The van der Waals surface area contributed by atoms with Crippen molar-refractivity contribution in [1.29, 1.82) is 0 Å². The molecule has 0 saturated heterocycles. The molecule has 114 valence electrons. The molecule has 21 heavy (non-hydrogen) atoms. The van der Waals surface area contributed by atoms with Crippen molar-refractivity contribution in [2.45, 2.75) is 38.8 Å². The summed E-state index contributed by atoms with van der Waals surface area (Å²) in [6, 6.07) is 6.69. The first-order valence-corrected chi connectivity index (χ1v) is 7.29. The molecular formula is C16H22N2O3. The number of carbonyl (C=O) groups is 2. The molecule has 0 spiro atoms. The Morgan fingerprint density at radius 3 is 2.48 bits per heavy atom. The van der Waals surface area contributed by atoms with Crippen LogP contribution in [0, 0.1) is 5.92 Å². The molecule has 2 N–H and O–H groups in total. The van der Waals surface area contributed by atoms with Gasteiger partial charge in [-0.05, 0) is 37.0 Å². The highest BCUT2D eigenvalue weighted by Crippen LogP contribution is 2.33. The molecule has 0 radical (unpaired) electrons. The van der Waals surface area contributed by atoms with Crippen LogP contribution in [0.4, 0.5) is 4.79 Å². The van der Waals surface area contributed by atoms with E-state index >= 15 is 0 Å². The Morgan fingerprint density at radius 1 is 1.33 bits per heavy atom. The standard InChI is InChI=1S/C16H22N2O3/c1-11(9-12-3-4-12)17-16(21)18(2)10-13-5-7-14(8-6-13)15(19)20/h5-8,11-12H,3-4,9-10H2,1-2H3,(H,17,21)(H,19,20). The molecule has 1 aliphatic rings. The maximum atomic E-state index is 12.1. The Balaban J connectivity index is 1.82. The summed E-state index contributed by atoms with van der Waals surface area (Å²) in [5.74, 6) is -0.157. The van der Waals surface area contributed by atoms with Crippen LogP contribution in [-0.2, 0) is 6.54 Å². The molecule has 5 heteroatoms. The number of amides is 2. The fraction of sp³-hybridized carbons (Fsp3) is 0.500. The van der Waals surface area contributed by atoms with Crippen LogP contribution in [0.15, 0.2) is 24.3 Å². The fourth-order valence-electron chi connectivity index (χ4n) is 2.33. The average molecular weight is 290 g/mol. The van der Waals surface area contributed by atoms with Gasteiger partial charge in [-0.2, -0.15) is 0 Å². The van der Waals surface area contributed by atoms with Crippen LogP contribution in [0.25, 0.3) is 0 Å². The lowest BCUT2D eigenvalue weighted by molar-refractivity contribution is 0.0697. The van der Waals surface area contributed by atoms with Gasteiger partial charge in [0.2, 0.25) is 0 Å². The van der Waals surface area contributed by atoms with E-state index in [0.29, 0.717) is 6.54 Å². The SMILES string of the molecule is CC(CC1CC1)NC(=O)N(C)Cc1ccc(C(=O)O)cc1. The Kier molecular flexibility index (Phi) is 4.83. The highest BCUT2D eigenvalue weighted by Gasteiger charge is 2.24. The average Bonchev–Trinajstić information content (AvgIpc) is 3.22. The number of urea groups is 1. The predicted octanol–water partition coefficient (Wildman–Crippen LogP) is 2.71. The summed E-state index contributed by atoms with van der Waals surface area (Å²) in [4.78, 5) is 24.4. The van der Waals surface area contributed by atoms with Gasteiger partial charge in [-0.15, -0.1) is 0 Å². The Bertz CT molecular complexity index is 509. The summed E-state index contributed by atoms with van der Waals surface area (Å²) in [6.45, 7) is 2.49. The fourth-order valence-corrected chi connectivity index (χ4v) is 2.33. The lowest BCUT2D eigenvalue weighted by Gasteiger charge is -2.21. The number of aromatic carboxylic acids is 1. The molecule has 0 aromatic heterocycles. The zero-order valence-electron chi connectivity index (χ0n) is 12.5. The number of benzene rings is 1. The number of carboxylic acids is 1. The maximum Gasteiger partial charge on any atom is 0.335 e. The molecule has 1 aliphatic carbocycles. The van der Waals surface area contributed by atoms with E-state index in [9.17, 15) is 9.59 Å². The molecule has 0 bridgehead atoms. The molecule has 1 fully saturated rings. The monoisotopic (exact) mass is 290 g/mol. The first kappa shape index (κ1) is 15.4. The van der Waals surface area contributed by atoms with E-state index in [4.69, 9.17) is 5.11 Å². The van der Waals surface area contributed by atoms with Gasteiger partial charge < -0.3 is 15.3 Å². The summed E-state index contributed by atoms with van der Waals surface area (Å²) in [5.41, 5.74) is 1.16. The van der Waals surface area contributed by atoms with Crippen LogP contribution in [0.3, 0.4) is 0 Å². The van der Waals surface area contributed by atoms with Crippen LogP contribution in [0.2, 0.25) is 0 Å². The minimum absolute atomic E-state index is 0.0922. The van der Waals surface area contributed by atoms with Crippen molar-refractivity contribution in [2.75, 3.05) is 7.05 Å². The van der Waals surface area contributed by atoms with E-state index < -0.39 is 5.97 Å². The minimum Gasteiger partial charge on any atom is -0.478 e. The van der Waals surface area contributed by atoms with E-state index in [2.05, 4.69) is 5.32 Å². The number of hydrogen-bond donors (Lipinski definition) is 2. The molecule has 1 saturated carbocycles. The molecule has 1 aromatic carbocycles. The van der Waals surface area contributed by atoms with Crippen LogP contribution >= 0.6 is 0 Å². The van der Waals surface area contributed by atoms with Crippen LogP contribution in [0.5, 0.6) is 0 Å². The van der Waals surface area contributed by atoms with Crippen molar-refractivity contribution in [3.63, 3.8) is 0 Å². The molecule has 0 heterocycles. The minimum atomic E-state index is -0.943. The van der Waals surface area contributed by atoms with Gasteiger partial charge in [0.05, 0.1) is 5.56 Å². The highest BCUT2D eigenvalue weighted by molar-refractivity contribution is 5.87. The van der Waals surface area contributed by atoms with Gasteiger partial charge in [-0.1, -0.05) is 25.0 Å². The van der Waals surface area contributed by atoms with Crippen molar-refractivity contribution in [3.8, 4) is 0 Å². The normalized spacial score (nSPS) is 15.3. The third-order valence-electron chi connectivity index (χ3n) is 3.72. The summed E-state index contributed by atoms with van der Waals surface area (Å²) < 4.78 is 0. The lowest BCUT2D eigenvalue weighted by Crippen LogP contribution is -2.41. The second kappa shape index (κ2) is 6.61. The third-order valence-corrected chi connectivity index (χ3v) is 3.72. The second-order valence-electron chi connectivity index (χ2n) is 5.89. The topological polar surface area (TPSA) is 69.6 Å². The first-order valence-electron chi connectivity index (χ1n) is 7.29. The molecule has 1 aromatic rings. The Morgan fingerprint density at radius 2 is 1.95 bits per heavy atom. The molecule has 1 unspecified atom stereocenters. The van der Waals surface area contributed by atoms with Gasteiger partial charge >= 0.3 is 12.0 Å². The number of carboxylic acid groups (broad SMARTS) is 1. The number of hydrogen-bond acceptors (Lipinski definition) is 2. The zero-order chi connectivity index (χ0) is 15.4. The smallest absolute Gasteiger partial charge is 0.335 e. The third kappa shape index (κ3) is 4.77. The van der Waals surface area contributed by atoms with Crippen LogP contribution < -0.4 is 5.32 Å². The van der Waals surface area contributed by atoms with E-state index in [1.165, 1.54) is 12.8 Å². The van der Waals surface area contributed by atoms with Crippen molar-refractivity contribution in [2.24, 2.45) is 5.92 Å². The van der Waals surface area contributed by atoms with E-state index in [1.807, 2.05) is 6.92 Å². The number of nitrogens with one attached hydrogen (secondary N) is 1. The summed E-state index contributed by atoms with van der Waals surface area (Å²) in [7, 11) is 1.74. The van der Waals surface area contributed by atoms with Crippen LogP contribution in [-0.4, -0.2) is 35.1 Å². The van der Waals surface area contributed by atoms with Gasteiger partial charge in [0.15, 0.2) is 0 Å². The summed E-state index contributed by atoms with van der Waals surface area (Å²) >= 11 is 0. The first-order chi connectivity index (χ1) is 9.95. The maximum absolute atomic E-state index is 12.1. The molecule has 1 atom stereocenters. The molecule has 2 amide bonds. The summed E-state index contributed by atoms with van der Waals surface area (Å²) in [5, 5.41) is 11.8. The van der Waals surface area contributed by atoms with Gasteiger partial charge in [0, 0.05) is 19.6 Å². The molecular weight excluding hydrogens is 268 g/mol. The molecule has 2 rings (SSSR count). The molecule has 5 nitrogen and oxygen atoms in total.